The fourth-order valence-corrected chi connectivity index (χ4v) is 4.10. The van der Waals surface area contributed by atoms with Gasteiger partial charge in [0.2, 0.25) is 5.91 Å². The molecule has 0 fully saturated rings. The van der Waals surface area contributed by atoms with Gasteiger partial charge in [-0.25, -0.2) is 9.78 Å². The standard InChI is InChI=1S/C27H24ClN3O3/c1-31-25(19-7-4-3-5-8-19)21(22-9-6-16-29-26(22)31)14-15-24(32)30-23(27(33)34-2)17-18-10-12-20(28)13-11-18/h3-16,23H,17H2,1-2H3,(H,30,32)/b15-14+/t23-/m1/s1. The lowest BCUT2D eigenvalue weighted by Gasteiger charge is -2.15. The van der Waals surface area contributed by atoms with E-state index in [9.17, 15) is 9.59 Å². The van der Waals surface area contributed by atoms with Crippen molar-refractivity contribution in [1.82, 2.24) is 14.9 Å². The van der Waals surface area contributed by atoms with Crippen LogP contribution in [0.2, 0.25) is 5.02 Å². The summed E-state index contributed by atoms with van der Waals surface area (Å²) in [7, 11) is 3.25. The molecule has 0 radical (unpaired) electrons. The third-order valence-electron chi connectivity index (χ3n) is 5.59. The minimum absolute atomic E-state index is 0.289. The zero-order valence-electron chi connectivity index (χ0n) is 18.9. The zero-order chi connectivity index (χ0) is 24.1. The summed E-state index contributed by atoms with van der Waals surface area (Å²) in [6.45, 7) is 0. The number of amides is 1. The monoisotopic (exact) mass is 473 g/mol. The lowest BCUT2D eigenvalue weighted by Crippen LogP contribution is -2.42. The Labute approximate surface area is 202 Å². The number of nitrogens with one attached hydrogen (secondary N) is 1. The summed E-state index contributed by atoms with van der Waals surface area (Å²) in [5.41, 5.74) is 4.51. The molecular weight excluding hydrogens is 450 g/mol. The highest BCUT2D eigenvalue weighted by Crippen LogP contribution is 2.33. The van der Waals surface area contributed by atoms with Crippen LogP contribution in [0.5, 0.6) is 0 Å². The first kappa shape index (κ1) is 23.3. The number of hydrogen-bond acceptors (Lipinski definition) is 4. The smallest absolute Gasteiger partial charge is 0.328 e. The molecule has 0 saturated heterocycles. The number of pyridine rings is 1. The summed E-state index contributed by atoms with van der Waals surface area (Å²) < 4.78 is 6.91. The van der Waals surface area contributed by atoms with E-state index in [-0.39, 0.29) is 6.42 Å². The Morgan fingerprint density at radius 1 is 1.09 bits per heavy atom. The number of ether oxygens (including phenoxy) is 1. The second-order valence-corrected chi connectivity index (χ2v) is 8.25. The van der Waals surface area contributed by atoms with Gasteiger partial charge in [-0.3, -0.25) is 4.79 Å². The maximum Gasteiger partial charge on any atom is 0.328 e. The Morgan fingerprint density at radius 3 is 2.53 bits per heavy atom. The topological polar surface area (TPSA) is 73.2 Å². The van der Waals surface area contributed by atoms with Gasteiger partial charge in [0.25, 0.3) is 0 Å². The third-order valence-corrected chi connectivity index (χ3v) is 5.84. The molecule has 2 aromatic carbocycles. The summed E-state index contributed by atoms with van der Waals surface area (Å²) in [6, 6.07) is 20.1. The van der Waals surface area contributed by atoms with E-state index in [4.69, 9.17) is 16.3 Å². The molecule has 7 heteroatoms. The van der Waals surface area contributed by atoms with E-state index in [0.717, 1.165) is 33.4 Å². The number of carbonyl (C=O) groups is 2. The number of fused-ring (bicyclic) bond motifs is 1. The van der Waals surface area contributed by atoms with Crippen molar-refractivity contribution in [2.75, 3.05) is 7.11 Å². The molecule has 0 aliphatic heterocycles. The van der Waals surface area contributed by atoms with Crippen molar-refractivity contribution >= 4 is 40.6 Å². The van der Waals surface area contributed by atoms with Crippen molar-refractivity contribution in [2.24, 2.45) is 7.05 Å². The number of hydrogen-bond donors (Lipinski definition) is 1. The number of aromatic nitrogens is 2. The summed E-state index contributed by atoms with van der Waals surface area (Å²) in [6.07, 6.45) is 5.23. The Bertz CT molecular complexity index is 1350. The van der Waals surface area contributed by atoms with Gasteiger partial charge >= 0.3 is 5.97 Å². The molecule has 0 unspecified atom stereocenters. The van der Waals surface area contributed by atoms with Crippen LogP contribution in [0, 0.1) is 0 Å². The molecule has 0 bridgehead atoms. The van der Waals surface area contributed by atoms with E-state index >= 15 is 0 Å². The van der Waals surface area contributed by atoms with Gasteiger partial charge in [-0.2, -0.15) is 0 Å². The minimum atomic E-state index is -0.828. The number of carbonyl (C=O) groups excluding carboxylic acids is 2. The number of esters is 1. The number of nitrogens with zero attached hydrogens (tertiary/aromatic N) is 2. The number of methoxy groups -OCH3 is 1. The molecule has 6 nitrogen and oxygen atoms in total. The fraction of sp³-hybridized carbons (Fsp3) is 0.148. The van der Waals surface area contributed by atoms with Crippen LogP contribution in [0.4, 0.5) is 0 Å². The molecule has 2 heterocycles. The number of halogens is 1. The molecular formula is C27H24ClN3O3. The van der Waals surface area contributed by atoms with E-state index in [1.165, 1.54) is 13.2 Å². The van der Waals surface area contributed by atoms with Crippen LogP contribution in [0.1, 0.15) is 11.1 Å². The normalized spacial score (nSPS) is 12.1. The summed E-state index contributed by atoms with van der Waals surface area (Å²) in [5, 5.41) is 4.29. The Hall–Kier alpha value is -3.90. The van der Waals surface area contributed by atoms with E-state index < -0.39 is 17.9 Å². The Morgan fingerprint density at radius 2 is 1.82 bits per heavy atom. The summed E-state index contributed by atoms with van der Waals surface area (Å²) in [4.78, 5) is 29.7. The van der Waals surface area contributed by atoms with Gasteiger partial charge in [-0.05, 0) is 41.5 Å². The van der Waals surface area contributed by atoms with Crippen LogP contribution in [0.15, 0.2) is 79.0 Å². The minimum Gasteiger partial charge on any atom is -0.467 e. The SMILES string of the molecule is COC(=O)[C@@H](Cc1ccc(Cl)cc1)NC(=O)/C=C/c1c(-c2ccccc2)n(C)c2ncccc12. The van der Waals surface area contributed by atoms with Gasteiger partial charge in [-0.1, -0.05) is 54.1 Å². The largest absolute Gasteiger partial charge is 0.467 e. The average Bonchev–Trinajstić information content (AvgIpc) is 3.15. The van der Waals surface area contributed by atoms with Crippen LogP contribution >= 0.6 is 11.6 Å². The second-order valence-electron chi connectivity index (χ2n) is 7.81. The highest BCUT2D eigenvalue weighted by atomic mass is 35.5. The van der Waals surface area contributed by atoms with Crippen LogP contribution in [0.25, 0.3) is 28.4 Å². The predicted molar refractivity (Wildman–Crippen MR) is 134 cm³/mol. The third kappa shape index (κ3) is 5.02. The van der Waals surface area contributed by atoms with Crippen LogP contribution in [-0.4, -0.2) is 34.6 Å². The molecule has 4 aromatic rings. The lowest BCUT2D eigenvalue weighted by atomic mass is 10.0. The highest BCUT2D eigenvalue weighted by Gasteiger charge is 2.22. The van der Waals surface area contributed by atoms with Crippen molar-refractivity contribution in [2.45, 2.75) is 12.5 Å². The van der Waals surface area contributed by atoms with Gasteiger partial charge in [-0.15, -0.1) is 0 Å². The number of aryl methyl sites for hydroxylation is 1. The van der Waals surface area contributed by atoms with Gasteiger partial charge in [0.15, 0.2) is 0 Å². The summed E-state index contributed by atoms with van der Waals surface area (Å²) >= 11 is 5.95. The molecule has 172 valence electrons. The first-order chi connectivity index (χ1) is 16.5. The van der Waals surface area contributed by atoms with Gasteiger partial charge < -0.3 is 14.6 Å². The van der Waals surface area contributed by atoms with Crippen molar-refractivity contribution in [3.05, 3.63) is 95.2 Å². The summed E-state index contributed by atoms with van der Waals surface area (Å²) in [5.74, 6) is -0.916. The van der Waals surface area contributed by atoms with Gasteiger partial charge in [0, 0.05) is 41.7 Å². The molecule has 1 N–H and O–H groups in total. The molecule has 4 rings (SSSR count). The van der Waals surface area contributed by atoms with Crippen LogP contribution in [-0.2, 0) is 27.8 Å². The van der Waals surface area contributed by atoms with E-state index in [0.29, 0.717) is 5.02 Å². The predicted octanol–water partition coefficient (Wildman–Crippen LogP) is 4.81. The van der Waals surface area contributed by atoms with Gasteiger partial charge in [0.05, 0.1) is 12.8 Å². The molecule has 0 saturated carbocycles. The van der Waals surface area contributed by atoms with Crippen LogP contribution < -0.4 is 5.32 Å². The van der Waals surface area contributed by atoms with E-state index in [1.54, 1.807) is 24.4 Å². The molecule has 0 aliphatic rings. The molecule has 34 heavy (non-hydrogen) atoms. The molecule has 2 aromatic heterocycles. The van der Waals surface area contributed by atoms with Crippen molar-refractivity contribution < 1.29 is 14.3 Å². The number of rotatable bonds is 7. The van der Waals surface area contributed by atoms with E-state index in [1.807, 2.05) is 66.2 Å². The number of benzene rings is 2. The van der Waals surface area contributed by atoms with Crippen molar-refractivity contribution in [3.63, 3.8) is 0 Å². The average molecular weight is 474 g/mol. The maximum absolute atomic E-state index is 12.8. The van der Waals surface area contributed by atoms with Crippen molar-refractivity contribution in [3.8, 4) is 11.3 Å². The molecule has 1 atom stereocenters. The second kappa shape index (κ2) is 10.4. The zero-order valence-corrected chi connectivity index (χ0v) is 19.6. The molecule has 0 aliphatic carbocycles. The fourth-order valence-electron chi connectivity index (χ4n) is 3.97. The first-order valence-corrected chi connectivity index (χ1v) is 11.2. The quantitative estimate of drug-likeness (QED) is 0.309. The van der Waals surface area contributed by atoms with Crippen molar-refractivity contribution in [1.29, 1.82) is 0 Å². The Kier molecular flexibility index (Phi) is 7.09. The highest BCUT2D eigenvalue weighted by molar-refractivity contribution is 6.30. The van der Waals surface area contributed by atoms with Crippen LogP contribution in [0.3, 0.4) is 0 Å². The molecule has 1 amide bonds. The van der Waals surface area contributed by atoms with E-state index in [2.05, 4.69) is 10.3 Å². The van der Waals surface area contributed by atoms with Gasteiger partial charge in [0.1, 0.15) is 11.7 Å². The lowest BCUT2D eigenvalue weighted by molar-refractivity contribution is -0.144. The maximum atomic E-state index is 12.8. The Balaban J connectivity index is 1.62. The molecule has 0 spiro atoms. The first-order valence-electron chi connectivity index (χ1n) is 10.8.